The molecule has 2 saturated heterocycles. The lowest BCUT2D eigenvalue weighted by molar-refractivity contribution is -0.384. The molecule has 3 N–H and O–H groups in total. The fourth-order valence-corrected chi connectivity index (χ4v) is 10.0. The highest BCUT2D eigenvalue weighted by Crippen LogP contribution is 2.43. The zero-order valence-corrected chi connectivity index (χ0v) is 39.7. The number of nitro benzene ring substituents is 1. The van der Waals surface area contributed by atoms with Gasteiger partial charge in [-0.1, -0.05) is 49.2 Å². The van der Waals surface area contributed by atoms with Crippen LogP contribution in [0.1, 0.15) is 49.0 Å². The number of hydrogen-bond acceptors (Lipinski definition) is 13. The Morgan fingerprint density at radius 1 is 1.01 bits per heavy atom. The number of benzene rings is 4. The SMILES string of the molecule is CN(C)CC(=O)N1CCO[C@H](CNc2ccc(S(=O)(=O)NC(=O)c3ccc(N4CCN(CC5=C(c6ccc(Cl)cc6)CC(C)(C)CC5)CC4)cc3Oc3cccc4[nH]cnc34)cc2[N+](=O)[O-])C1. The van der Waals surface area contributed by atoms with Crippen LogP contribution in [0.4, 0.5) is 17.1 Å². The first-order chi connectivity index (χ1) is 32.0. The number of nitrogens with one attached hydrogen (secondary N) is 3. The molecule has 0 spiro atoms. The highest BCUT2D eigenvalue weighted by molar-refractivity contribution is 7.90. The molecule has 1 atom stereocenters. The van der Waals surface area contributed by atoms with Gasteiger partial charge in [-0.2, -0.15) is 0 Å². The number of hydrogen-bond donors (Lipinski definition) is 3. The van der Waals surface area contributed by atoms with Crippen molar-refractivity contribution in [1.29, 1.82) is 0 Å². The van der Waals surface area contributed by atoms with Crippen LogP contribution in [-0.4, -0.2) is 136 Å². The summed E-state index contributed by atoms with van der Waals surface area (Å²) in [7, 11) is -1.03. The molecule has 0 unspecified atom stereocenters. The molecule has 1 aliphatic carbocycles. The van der Waals surface area contributed by atoms with Gasteiger partial charge < -0.3 is 34.5 Å². The lowest BCUT2D eigenvalue weighted by Gasteiger charge is -2.39. The number of morpholine rings is 1. The number of H-pyrrole nitrogens is 1. The number of para-hydroxylation sites is 1. The number of halogens is 1. The van der Waals surface area contributed by atoms with Gasteiger partial charge in [0, 0.05) is 75.2 Å². The summed E-state index contributed by atoms with van der Waals surface area (Å²) in [5.74, 6) is -0.600. The zero-order valence-electron chi connectivity index (χ0n) is 38.1. The fraction of sp³-hybridized carbons (Fsp3) is 0.396. The van der Waals surface area contributed by atoms with Gasteiger partial charge in [-0.3, -0.25) is 24.6 Å². The molecule has 0 saturated carbocycles. The number of sulfonamides is 1. The number of anilines is 2. The molecule has 2 fully saturated rings. The van der Waals surface area contributed by atoms with E-state index in [0.29, 0.717) is 43.0 Å². The number of allylic oxidation sites excluding steroid dienone is 1. The number of likely N-dealkylation sites (N-methyl/N-ethyl adjacent to an activating group) is 1. The van der Waals surface area contributed by atoms with Crippen molar-refractivity contribution in [3.05, 3.63) is 117 Å². The predicted molar refractivity (Wildman–Crippen MR) is 258 cm³/mol. The molecule has 4 aromatic carbocycles. The molecule has 0 radical (unpaired) electrons. The number of nitro groups is 1. The Morgan fingerprint density at radius 3 is 2.54 bits per heavy atom. The summed E-state index contributed by atoms with van der Waals surface area (Å²) >= 11 is 6.25. The molecule has 2 amide bonds. The van der Waals surface area contributed by atoms with E-state index in [4.69, 9.17) is 21.1 Å². The number of rotatable bonds is 15. The molecule has 67 heavy (non-hydrogen) atoms. The number of aromatic amines is 1. The maximum absolute atomic E-state index is 14.0. The molecule has 1 aromatic heterocycles. The van der Waals surface area contributed by atoms with Crippen molar-refractivity contribution in [1.82, 2.24) is 29.4 Å². The van der Waals surface area contributed by atoms with Crippen molar-refractivity contribution in [2.24, 2.45) is 5.41 Å². The van der Waals surface area contributed by atoms with Gasteiger partial charge in [0.15, 0.2) is 5.75 Å². The van der Waals surface area contributed by atoms with Crippen LogP contribution in [0, 0.1) is 15.5 Å². The number of fused-ring (bicyclic) bond motifs is 1. The van der Waals surface area contributed by atoms with Crippen LogP contribution in [-0.2, 0) is 19.6 Å². The van der Waals surface area contributed by atoms with Crippen LogP contribution < -0.4 is 19.7 Å². The second-order valence-corrected chi connectivity index (χ2v) is 20.5. The van der Waals surface area contributed by atoms with E-state index in [1.165, 1.54) is 41.2 Å². The van der Waals surface area contributed by atoms with Gasteiger partial charge in [0.25, 0.3) is 21.6 Å². The molecule has 3 aliphatic rings. The zero-order chi connectivity index (χ0) is 47.5. The third-order valence-corrected chi connectivity index (χ3v) is 14.1. The Balaban J connectivity index is 0.984. The van der Waals surface area contributed by atoms with Crippen LogP contribution >= 0.6 is 11.6 Å². The largest absolute Gasteiger partial charge is 0.454 e. The van der Waals surface area contributed by atoms with Gasteiger partial charge in [-0.25, -0.2) is 18.1 Å². The topological polar surface area (TPSA) is 196 Å². The smallest absolute Gasteiger partial charge is 0.293 e. The van der Waals surface area contributed by atoms with E-state index in [1.807, 2.05) is 18.2 Å². The summed E-state index contributed by atoms with van der Waals surface area (Å²) < 4.78 is 42.0. The number of nitrogens with zero attached hydrogens (tertiary/aromatic N) is 6. The number of carbonyl (C=O) groups excluding carboxylic acids is 2. The third-order valence-electron chi connectivity index (χ3n) is 12.5. The number of amides is 2. The van der Waals surface area contributed by atoms with E-state index in [9.17, 15) is 28.1 Å². The lowest BCUT2D eigenvalue weighted by atomic mass is 9.72. The minimum atomic E-state index is -4.64. The number of piperazine rings is 1. The second-order valence-electron chi connectivity index (χ2n) is 18.4. The van der Waals surface area contributed by atoms with Gasteiger partial charge in [-0.15, -0.1) is 0 Å². The van der Waals surface area contributed by atoms with Crippen molar-refractivity contribution >= 4 is 67.1 Å². The van der Waals surface area contributed by atoms with E-state index in [1.54, 1.807) is 48.2 Å². The van der Waals surface area contributed by atoms with Crippen molar-refractivity contribution in [3.63, 3.8) is 0 Å². The van der Waals surface area contributed by atoms with Crippen molar-refractivity contribution < 1.29 is 32.4 Å². The summed E-state index contributed by atoms with van der Waals surface area (Å²) in [4.78, 5) is 53.3. The van der Waals surface area contributed by atoms with E-state index in [0.717, 1.165) is 55.7 Å². The van der Waals surface area contributed by atoms with Crippen LogP contribution in [0.3, 0.4) is 0 Å². The normalized spacial score (nSPS) is 18.0. The third kappa shape index (κ3) is 11.4. The predicted octanol–water partition coefficient (Wildman–Crippen LogP) is 7.02. The Bertz CT molecular complexity index is 2790. The second kappa shape index (κ2) is 20.0. The molecule has 19 heteroatoms. The molecule has 354 valence electrons. The quantitative estimate of drug-likeness (QED) is 0.0716. The first-order valence-corrected chi connectivity index (χ1v) is 24.2. The van der Waals surface area contributed by atoms with Gasteiger partial charge in [0.2, 0.25) is 5.91 Å². The summed E-state index contributed by atoms with van der Waals surface area (Å²) in [5.41, 5.74) is 5.76. The minimum Gasteiger partial charge on any atom is -0.454 e. The number of aromatic nitrogens is 2. The summed E-state index contributed by atoms with van der Waals surface area (Å²) in [5, 5.41) is 16.0. The van der Waals surface area contributed by atoms with Crippen LogP contribution in [0.2, 0.25) is 5.02 Å². The molecule has 0 bridgehead atoms. The minimum absolute atomic E-state index is 0.0491. The van der Waals surface area contributed by atoms with Gasteiger partial charge in [0.05, 0.1) is 46.5 Å². The summed E-state index contributed by atoms with van der Waals surface area (Å²) in [6.07, 6.45) is 4.23. The highest BCUT2D eigenvalue weighted by Gasteiger charge is 2.31. The lowest BCUT2D eigenvalue weighted by Crippen LogP contribution is -2.50. The maximum Gasteiger partial charge on any atom is 0.293 e. The number of ether oxygens (including phenoxy) is 2. The molecule has 17 nitrogen and oxygen atoms in total. The Kier molecular flexibility index (Phi) is 14.2. The Labute approximate surface area is 395 Å². The summed E-state index contributed by atoms with van der Waals surface area (Å²) in [6.45, 7) is 9.92. The molecular formula is C48H56ClN9O8S. The fourth-order valence-electron chi connectivity index (χ4n) is 8.90. The van der Waals surface area contributed by atoms with Crippen LogP contribution in [0.5, 0.6) is 11.5 Å². The average molecular weight is 955 g/mol. The maximum atomic E-state index is 14.0. The van der Waals surface area contributed by atoms with Gasteiger partial charge in [-0.05, 0) is 98.4 Å². The number of carbonyl (C=O) groups is 2. The standard InChI is InChI=1S/C48H56ClN9O8S/c1-48(2)17-16-33(39(26-48)32-8-10-34(49)11-9-32)28-55-18-20-56(21-19-55)35-12-14-38(44(24-35)66-43-7-5-6-41-46(43)52-31-51-41)47(60)53-67(63,64)37-13-15-40(42(25-37)58(61)62)50-27-36-29-57(22-23-65-36)45(59)30-54(3)4/h5-15,24-25,31,36,50H,16-23,26-30H2,1-4H3,(H,51,52)(H,53,60)/t36-/m1/s1. The van der Waals surface area contributed by atoms with E-state index in [-0.39, 0.29) is 48.0 Å². The Hall–Kier alpha value is -6.05. The molecule has 5 aromatic rings. The first-order valence-electron chi connectivity index (χ1n) is 22.3. The van der Waals surface area contributed by atoms with E-state index >= 15 is 0 Å². The van der Waals surface area contributed by atoms with Crippen molar-refractivity contribution in [2.75, 3.05) is 89.8 Å². The Morgan fingerprint density at radius 2 is 1.79 bits per heavy atom. The number of imidazole rings is 1. The van der Waals surface area contributed by atoms with Crippen molar-refractivity contribution in [3.8, 4) is 11.5 Å². The molecular weight excluding hydrogens is 898 g/mol. The van der Waals surface area contributed by atoms with Gasteiger partial charge in [0.1, 0.15) is 17.0 Å². The molecule has 3 heterocycles. The molecule has 8 rings (SSSR count). The van der Waals surface area contributed by atoms with Gasteiger partial charge >= 0.3 is 0 Å². The molecule has 2 aliphatic heterocycles. The highest BCUT2D eigenvalue weighted by atomic mass is 35.5. The van der Waals surface area contributed by atoms with Crippen LogP contribution in [0.25, 0.3) is 16.6 Å². The monoisotopic (exact) mass is 953 g/mol. The average Bonchev–Trinajstić information content (AvgIpc) is 3.79. The van der Waals surface area contributed by atoms with Crippen LogP contribution in [0.15, 0.2) is 95.7 Å². The van der Waals surface area contributed by atoms with E-state index < -0.39 is 37.5 Å². The summed E-state index contributed by atoms with van der Waals surface area (Å²) in [6, 6.07) is 21.8. The first kappa shape index (κ1) is 47.4. The van der Waals surface area contributed by atoms with E-state index in [2.05, 4.69) is 55.8 Å². The van der Waals surface area contributed by atoms with Crippen molar-refractivity contribution in [2.45, 2.75) is 44.1 Å².